The number of benzene rings is 1. The molecule has 114 valence electrons. The van der Waals surface area contributed by atoms with Gasteiger partial charge in [-0.25, -0.2) is 4.39 Å². The summed E-state index contributed by atoms with van der Waals surface area (Å²) in [6.07, 6.45) is 2.74. The lowest BCUT2D eigenvalue weighted by molar-refractivity contribution is 0.499. The van der Waals surface area contributed by atoms with Crippen LogP contribution in [0.15, 0.2) is 33.3 Å². The van der Waals surface area contributed by atoms with Gasteiger partial charge in [-0.2, -0.15) is 5.10 Å². The molecule has 0 aliphatic rings. The van der Waals surface area contributed by atoms with Gasteiger partial charge < -0.3 is 5.32 Å². The summed E-state index contributed by atoms with van der Waals surface area (Å²) in [6.45, 7) is 5.65. The Bertz CT molecular complexity index is 613. The Morgan fingerprint density at radius 2 is 2.05 bits per heavy atom. The minimum atomic E-state index is -0.240. The lowest BCUT2D eigenvalue weighted by atomic mass is 10.0. The lowest BCUT2D eigenvalue weighted by Gasteiger charge is -2.21. The third-order valence-corrected chi connectivity index (χ3v) is 4.47. The van der Waals surface area contributed by atoms with Crippen LogP contribution in [0.1, 0.15) is 37.6 Å². The normalized spacial score (nSPS) is 12.6. The topological polar surface area (TPSA) is 29.9 Å². The van der Waals surface area contributed by atoms with Crippen molar-refractivity contribution in [3.05, 3.63) is 50.4 Å². The first-order chi connectivity index (χ1) is 10.1. The predicted molar refractivity (Wildman–Crippen MR) is 89.8 cm³/mol. The summed E-state index contributed by atoms with van der Waals surface area (Å²) in [4.78, 5) is 0. The van der Waals surface area contributed by atoms with Crippen LogP contribution >= 0.6 is 31.9 Å². The number of aryl methyl sites for hydroxylation is 1. The number of hydrogen-bond acceptors (Lipinski definition) is 2. The molecule has 3 nitrogen and oxygen atoms in total. The van der Waals surface area contributed by atoms with Crippen molar-refractivity contribution in [1.29, 1.82) is 0 Å². The van der Waals surface area contributed by atoms with Crippen LogP contribution in [0.5, 0.6) is 0 Å². The van der Waals surface area contributed by atoms with Gasteiger partial charge in [-0.3, -0.25) is 4.68 Å². The zero-order valence-electron chi connectivity index (χ0n) is 12.0. The molecule has 0 amide bonds. The van der Waals surface area contributed by atoms with Crippen LogP contribution in [-0.2, 0) is 6.54 Å². The van der Waals surface area contributed by atoms with Crippen molar-refractivity contribution in [2.75, 3.05) is 6.54 Å². The van der Waals surface area contributed by atoms with Gasteiger partial charge in [-0.1, -0.05) is 26.0 Å². The summed E-state index contributed by atoms with van der Waals surface area (Å²) >= 11 is 6.80. The highest BCUT2D eigenvalue weighted by Crippen LogP contribution is 2.32. The molecule has 0 aliphatic heterocycles. The number of nitrogens with zero attached hydrogens (tertiary/aromatic N) is 2. The van der Waals surface area contributed by atoms with Crippen molar-refractivity contribution in [2.45, 2.75) is 32.9 Å². The average molecular weight is 419 g/mol. The van der Waals surface area contributed by atoms with Gasteiger partial charge in [-0.15, -0.1) is 0 Å². The predicted octanol–water partition coefficient (Wildman–Crippen LogP) is 4.66. The third kappa shape index (κ3) is 3.55. The minimum absolute atomic E-state index is 0.236. The highest BCUT2D eigenvalue weighted by atomic mass is 79.9. The van der Waals surface area contributed by atoms with Crippen molar-refractivity contribution in [1.82, 2.24) is 15.1 Å². The van der Waals surface area contributed by atoms with E-state index in [4.69, 9.17) is 0 Å². The molecular formula is C15H18Br2FN3. The van der Waals surface area contributed by atoms with E-state index in [1.165, 1.54) is 0 Å². The Kier molecular flexibility index (Phi) is 5.96. The monoisotopic (exact) mass is 417 g/mol. The van der Waals surface area contributed by atoms with Crippen LogP contribution in [0.3, 0.4) is 0 Å². The molecule has 0 bridgehead atoms. The summed E-state index contributed by atoms with van der Waals surface area (Å²) in [7, 11) is 0. The maximum absolute atomic E-state index is 14.5. The van der Waals surface area contributed by atoms with Gasteiger partial charge in [0.1, 0.15) is 5.82 Å². The Morgan fingerprint density at radius 1 is 1.29 bits per heavy atom. The number of halogens is 3. The van der Waals surface area contributed by atoms with E-state index in [-0.39, 0.29) is 11.9 Å². The van der Waals surface area contributed by atoms with Crippen molar-refractivity contribution in [3.63, 3.8) is 0 Å². The molecule has 1 N–H and O–H groups in total. The molecule has 6 heteroatoms. The van der Waals surface area contributed by atoms with E-state index >= 15 is 0 Å². The first kappa shape index (κ1) is 16.6. The molecular weight excluding hydrogens is 401 g/mol. The largest absolute Gasteiger partial charge is 0.305 e. The number of aromatic nitrogens is 2. The standard InChI is InChI=1S/C15H18Br2FN3/c1-3-8-21-15(12(17)9-20-21)14(19-4-2)10-6-5-7-11(16)13(10)18/h5-7,9,14,19H,3-4,8H2,1-2H3. The maximum atomic E-state index is 14.5. The van der Waals surface area contributed by atoms with Crippen LogP contribution in [-0.4, -0.2) is 16.3 Å². The van der Waals surface area contributed by atoms with E-state index < -0.39 is 0 Å². The van der Waals surface area contributed by atoms with Crippen molar-refractivity contribution in [2.24, 2.45) is 0 Å². The Labute approximate surface area is 141 Å². The summed E-state index contributed by atoms with van der Waals surface area (Å²) in [5.41, 5.74) is 1.57. The molecule has 1 heterocycles. The molecule has 0 spiro atoms. The summed E-state index contributed by atoms with van der Waals surface area (Å²) in [6, 6.07) is 5.13. The minimum Gasteiger partial charge on any atom is -0.305 e. The fraction of sp³-hybridized carbons (Fsp3) is 0.400. The quantitative estimate of drug-likeness (QED) is 0.739. The zero-order chi connectivity index (χ0) is 15.4. The van der Waals surface area contributed by atoms with Crippen LogP contribution < -0.4 is 5.32 Å². The third-order valence-electron chi connectivity index (χ3n) is 3.24. The van der Waals surface area contributed by atoms with E-state index in [1.807, 2.05) is 23.7 Å². The number of nitrogens with one attached hydrogen (secondary N) is 1. The van der Waals surface area contributed by atoms with Crippen molar-refractivity contribution >= 4 is 31.9 Å². The van der Waals surface area contributed by atoms with Gasteiger partial charge in [-0.05, 0) is 50.9 Å². The molecule has 1 unspecified atom stereocenters. The molecule has 0 saturated carbocycles. The van der Waals surface area contributed by atoms with Gasteiger partial charge in [0.2, 0.25) is 0 Å². The average Bonchev–Trinajstić information content (AvgIpc) is 2.81. The second-order valence-electron chi connectivity index (χ2n) is 4.73. The molecule has 2 rings (SSSR count). The summed E-state index contributed by atoms with van der Waals surface area (Å²) < 4.78 is 17.8. The van der Waals surface area contributed by atoms with Crippen LogP contribution in [0.4, 0.5) is 4.39 Å². The Hall–Kier alpha value is -0.720. The fourth-order valence-electron chi connectivity index (χ4n) is 2.35. The first-order valence-corrected chi connectivity index (χ1v) is 8.57. The summed E-state index contributed by atoms with van der Waals surface area (Å²) in [5, 5.41) is 7.74. The van der Waals surface area contributed by atoms with E-state index in [2.05, 4.69) is 49.2 Å². The fourth-order valence-corrected chi connectivity index (χ4v) is 3.26. The number of rotatable bonds is 6. The van der Waals surface area contributed by atoms with Gasteiger partial charge in [0.05, 0.1) is 26.9 Å². The van der Waals surface area contributed by atoms with Gasteiger partial charge >= 0.3 is 0 Å². The van der Waals surface area contributed by atoms with Gasteiger partial charge in [0.25, 0.3) is 0 Å². The molecule has 1 atom stereocenters. The molecule has 2 aromatic rings. The molecule has 0 aliphatic carbocycles. The van der Waals surface area contributed by atoms with Gasteiger partial charge in [0.15, 0.2) is 0 Å². The number of hydrogen-bond donors (Lipinski definition) is 1. The summed E-state index contributed by atoms with van der Waals surface area (Å²) in [5.74, 6) is -0.236. The van der Waals surface area contributed by atoms with Gasteiger partial charge in [0, 0.05) is 12.1 Å². The highest BCUT2D eigenvalue weighted by molar-refractivity contribution is 9.10. The van der Waals surface area contributed by atoms with E-state index in [0.717, 1.165) is 29.7 Å². The van der Waals surface area contributed by atoms with Crippen molar-refractivity contribution < 1.29 is 4.39 Å². The molecule has 1 aromatic carbocycles. The Balaban J connectivity index is 2.53. The van der Waals surface area contributed by atoms with E-state index in [1.54, 1.807) is 12.3 Å². The second-order valence-corrected chi connectivity index (χ2v) is 6.44. The molecule has 0 radical (unpaired) electrons. The van der Waals surface area contributed by atoms with E-state index in [0.29, 0.717) is 10.0 Å². The molecule has 0 fully saturated rings. The maximum Gasteiger partial charge on any atom is 0.142 e. The molecule has 21 heavy (non-hydrogen) atoms. The van der Waals surface area contributed by atoms with Crippen LogP contribution in [0, 0.1) is 5.82 Å². The zero-order valence-corrected chi connectivity index (χ0v) is 15.2. The highest BCUT2D eigenvalue weighted by Gasteiger charge is 2.24. The SMILES string of the molecule is CCCn1ncc(Br)c1C(NCC)c1cccc(Br)c1F. The molecule has 1 aromatic heterocycles. The smallest absolute Gasteiger partial charge is 0.142 e. The molecule has 0 saturated heterocycles. The Morgan fingerprint density at radius 3 is 2.71 bits per heavy atom. The first-order valence-electron chi connectivity index (χ1n) is 6.98. The van der Waals surface area contributed by atoms with Crippen LogP contribution in [0.25, 0.3) is 0 Å². The van der Waals surface area contributed by atoms with Crippen molar-refractivity contribution in [3.8, 4) is 0 Å². The van der Waals surface area contributed by atoms with Crippen LogP contribution in [0.2, 0.25) is 0 Å². The lowest BCUT2D eigenvalue weighted by Crippen LogP contribution is -2.26. The second kappa shape index (κ2) is 7.51. The van der Waals surface area contributed by atoms with E-state index in [9.17, 15) is 4.39 Å².